The predicted octanol–water partition coefficient (Wildman–Crippen LogP) is 8.56. The topological polar surface area (TPSA) is 289 Å². The Balaban J connectivity index is 1.32. The van der Waals surface area contributed by atoms with E-state index >= 15 is 0 Å². The van der Waals surface area contributed by atoms with E-state index in [-0.39, 0.29) is 92.5 Å². The fraction of sp³-hybridized carbons (Fsp3) is 0.615. The molecule has 5 rings (SSSR count). The molecule has 0 aliphatic carbocycles. The number of aryl methyl sites for hydroxylation is 1. The Morgan fingerprint density at radius 2 is 1.67 bits per heavy atom. The smallest absolute Gasteiger partial charge is 0.328 e. The average molecular weight is 1390 g/mol. The van der Waals surface area contributed by atoms with Gasteiger partial charge in [0.25, 0.3) is 5.91 Å². The number of benzene rings is 2. The third-order valence-electron chi connectivity index (χ3n) is 17.2. The van der Waals surface area contributed by atoms with Crippen LogP contribution in [-0.2, 0) is 70.1 Å². The van der Waals surface area contributed by atoms with E-state index in [0.29, 0.717) is 52.6 Å². The average Bonchev–Trinajstić information content (AvgIpc) is 1.59. The lowest BCUT2D eigenvalue weighted by molar-refractivity contribution is -0.187. The van der Waals surface area contributed by atoms with Crippen molar-refractivity contribution in [3.8, 4) is 5.75 Å². The molecular weight excluding hydrogens is 1300 g/mol. The summed E-state index contributed by atoms with van der Waals surface area (Å²) in [6.07, 6.45) is 3.08. The van der Waals surface area contributed by atoms with Gasteiger partial charge >= 0.3 is 23.9 Å². The molecule has 2 aromatic rings. The highest BCUT2D eigenvalue weighted by Gasteiger charge is 2.64. The summed E-state index contributed by atoms with van der Waals surface area (Å²) in [5, 5.41) is 18.7. The standard InChI is InChI=1S/C65H90Br2ClN5O16/c1-36(2)47(30-45(74)19-14-13-18-39(5)86-62(81)44(34-66)35-67)59(78)71-48(20-16-24-70-63(69)82)50(75)28-42-22-23-46(51(29-42)84-11)60(79)72(9)41(7)61(80)88-54-31-55(76)73(10)49-27-43(26-38(4)57(49)68)25-37(3)17-15-21-53(85-12)65(83)32-52(87-56(77)33-65)40(6)58-64(54,8)89-58/h15,17,21-23,26-27,29,36,39-41,44,47-48,52-54,58,83H,13-14,16,18-20,24-25,28,30-35H2,1-12H3,(H,71,78)(H3,69,70,82)/b21-15+,37-17+/t39?,40-,41+,47+,48+,52+,53-,54+,58+,64+,65-/m1/s1. The Labute approximate surface area is 544 Å². The maximum atomic E-state index is 14.5. The number of hydrogen-bond donors (Lipinski definition) is 4. The number of Topliss-reactive ketones (excluding diaryl/α,β-unsaturated/α-hetero) is 2. The number of likely N-dealkylation sites (N-methyl/N-ethyl adjacent to an activating group) is 1. The first-order chi connectivity index (χ1) is 41.9. The second-order valence-corrected chi connectivity index (χ2v) is 26.2. The molecule has 2 fully saturated rings. The quantitative estimate of drug-likeness (QED) is 0.0214. The third-order valence-corrected chi connectivity index (χ3v) is 19.2. The first-order valence-corrected chi connectivity index (χ1v) is 32.9. The van der Waals surface area contributed by atoms with E-state index in [0.717, 1.165) is 21.6 Å². The molecule has 3 aliphatic rings. The SMILES string of the molecule is COc1cc(CC(=O)[C@H](CCCNC(N)=O)NC(=O)[C@@H](CC(=O)CCCCC(C)OC(=O)C(CBr)CBr)C(C)C)ccc1C(=O)N(C)[C@@H](C)C(=O)O[C@H]1CC(=O)N(C)c2cc(cc(C)c2Cl)C/C(C)=C/C=C/[C@@H](OC)[C@]2(O)CC(=O)O[C@@H](C2)[C@@H](C)[C@@H]2O[C@@]12C. The largest absolute Gasteiger partial charge is 0.496 e. The molecule has 5 amide bonds. The predicted molar refractivity (Wildman–Crippen MR) is 343 cm³/mol. The van der Waals surface area contributed by atoms with E-state index in [1.54, 1.807) is 39.1 Å². The number of anilines is 1. The number of ether oxygens (including phenoxy) is 6. The number of esters is 3. The number of alkyl halides is 2. The number of nitrogens with two attached hydrogens (primary N) is 1. The van der Waals surface area contributed by atoms with Crippen LogP contribution in [0.1, 0.15) is 140 Å². The van der Waals surface area contributed by atoms with Crippen LogP contribution in [0.25, 0.3) is 0 Å². The lowest BCUT2D eigenvalue weighted by Crippen LogP contribution is -2.53. The van der Waals surface area contributed by atoms with Gasteiger partial charge in [-0.1, -0.05) is 100 Å². The van der Waals surface area contributed by atoms with Gasteiger partial charge in [0, 0.05) is 75.9 Å². The minimum atomic E-state index is -1.65. The summed E-state index contributed by atoms with van der Waals surface area (Å²) in [5.41, 5.74) is 5.73. The normalized spacial score (nSPS) is 24.4. The van der Waals surface area contributed by atoms with E-state index in [1.165, 1.54) is 45.2 Å². The lowest BCUT2D eigenvalue weighted by atomic mass is 9.78. The second-order valence-electron chi connectivity index (χ2n) is 24.5. The van der Waals surface area contributed by atoms with Crippen LogP contribution >= 0.6 is 43.5 Å². The Kier molecular flexibility index (Phi) is 27.9. The van der Waals surface area contributed by atoms with Crippen LogP contribution in [0.2, 0.25) is 5.02 Å². The Morgan fingerprint density at radius 1 is 0.978 bits per heavy atom. The van der Waals surface area contributed by atoms with Crippen LogP contribution in [0.4, 0.5) is 10.5 Å². The number of amides is 5. The molecule has 492 valence electrons. The number of rotatable bonds is 27. The van der Waals surface area contributed by atoms with E-state index in [9.17, 15) is 48.3 Å². The minimum absolute atomic E-state index is 0.00977. The Morgan fingerprint density at radius 3 is 2.31 bits per heavy atom. The summed E-state index contributed by atoms with van der Waals surface area (Å²) in [5.74, 6) is -5.80. The van der Waals surface area contributed by atoms with Crippen LogP contribution in [0.3, 0.4) is 0 Å². The van der Waals surface area contributed by atoms with Gasteiger partial charge in [0.1, 0.15) is 47.1 Å². The van der Waals surface area contributed by atoms with Gasteiger partial charge in [-0.25, -0.2) is 9.59 Å². The molecule has 1 unspecified atom stereocenters. The van der Waals surface area contributed by atoms with Crippen LogP contribution < -0.4 is 26.0 Å². The number of ketones is 2. The number of nitrogens with one attached hydrogen (secondary N) is 2. The molecule has 21 nitrogen and oxygen atoms in total. The van der Waals surface area contributed by atoms with Crippen molar-refractivity contribution in [1.82, 2.24) is 15.5 Å². The number of halogens is 3. The van der Waals surface area contributed by atoms with Crippen molar-refractivity contribution in [1.29, 1.82) is 0 Å². The Hall–Kier alpha value is -5.72. The van der Waals surface area contributed by atoms with Gasteiger partial charge < -0.3 is 59.7 Å². The number of allylic oxidation sites excluding steroid dienone is 3. The van der Waals surface area contributed by atoms with Crippen molar-refractivity contribution in [3.05, 3.63) is 81.4 Å². The Bertz CT molecular complexity index is 2960. The minimum Gasteiger partial charge on any atom is -0.496 e. The van der Waals surface area contributed by atoms with Gasteiger partial charge in [-0.3, -0.25) is 33.6 Å². The van der Waals surface area contributed by atoms with Crippen molar-refractivity contribution in [2.24, 2.45) is 29.4 Å². The number of hydrogen-bond acceptors (Lipinski definition) is 16. The van der Waals surface area contributed by atoms with E-state index < -0.39 is 107 Å². The second kappa shape index (κ2) is 33.6. The number of methoxy groups -OCH3 is 2. The van der Waals surface area contributed by atoms with Gasteiger partial charge in [-0.2, -0.15) is 0 Å². The lowest BCUT2D eigenvalue weighted by Gasteiger charge is -2.41. The van der Waals surface area contributed by atoms with Crippen molar-refractivity contribution in [2.45, 2.75) is 186 Å². The molecule has 0 saturated carbocycles. The number of nitrogens with zero attached hydrogens (tertiary/aromatic N) is 2. The van der Waals surface area contributed by atoms with Gasteiger partial charge in [-0.15, -0.1) is 0 Å². The number of carbonyl (C=O) groups is 9. The fourth-order valence-corrected chi connectivity index (χ4v) is 13.2. The number of epoxide rings is 1. The van der Waals surface area contributed by atoms with E-state index in [2.05, 4.69) is 42.5 Å². The van der Waals surface area contributed by atoms with Gasteiger partial charge in [0.2, 0.25) is 11.8 Å². The molecule has 3 aliphatic heterocycles. The molecule has 0 aromatic heterocycles. The van der Waals surface area contributed by atoms with Gasteiger partial charge in [-0.05, 0) is 114 Å². The number of aliphatic hydroxyl groups is 1. The summed E-state index contributed by atoms with van der Waals surface area (Å²) in [4.78, 5) is 125. The molecule has 3 heterocycles. The third kappa shape index (κ3) is 20.1. The number of unbranched alkanes of at least 4 members (excludes halogenated alkanes) is 1. The van der Waals surface area contributed by atoms with Gasteiger partial charge in [0.05, 0.1) is 60.4 Å². The molecule has 24 heteroatoms. The highest BCUT2D eigenvalue weighted by molar-refractivity contribution is 9.09. The highest BCUT2D eigenvalue weighted by atomic mass is 79.9. The van der Waals surface area contributed by atoms with Crippen LogP contribution in [0.5, 0.6) is 5.75 Å². The summed E-state index contributed by atoms with van der Waals surface area (Å²) < 4.78 is 35.5. The zero-order valence-corrected chi connectivity index (χ0v) is 57.2. The summed E-state index contributed by atoms with van der Waals surface area (Å²) in [6.45, 7) is 14.3. The number of fused-ring (bicyclic) bond motifs is 5. The first-order valence-electron chi connectivity index (χ1n) is 30.3. The molecular formula is C65H90Br2ClN5O16. The van der Waals surface area contributed by atoms with Crippen LogP contribution in [0, 0.1) is 30.6 Å². The molecule has 2 saturated heterocycles. The molecule has 0 radical (unpaired) electrons. The van der Waals surface area contributed by atoms with Crippen molar-refractivity contribution < 1.29 is 76.7 Å². The van der Waals surface area contributed by atoms with Crippen LogP contribution in [0.15, 0.2) is 54.1 Å². The monoisotopic (exact) mass is 1390 g/mol. The van der Waals surface area contributed by atoms with E-state index in [1.807, 2.05) is 52.8 Å². The highest BCUT2D eigenvalue weighted by Crippen LogP contribution is 2.50. The molecule has 5 N–H and O–H groups in total. The fourth-order valence-electron chi connectivity index (χ4n) is 11.4. The van der Waals surface area contributed by atoms with E-state index in [4.69, 9.17) is 45.8 Å². The number of primary amides is 1. The summed E-state index contributed by atoms with van der Waals surface area (Å²) >= 11 is 13.5. The maximum absolute atomic E-state index is 14.5. The van der Waals surface area contributed by atoms with Crippen molar-refractivity contribution in [3.63, 3.8) is 0 Å². The molecule has 4 bridgehead atoms. The zero-order chi connectivity index (χ0) is 66.2. The molecule has 0 spiro atoms. The molecule has 2 aromatic carbocycles. The number of urea groups is 1. The van der Waals surface area contributed by atoms with Crippen LogP contribution in [-0.4, -0.2) is 163 Å². The van der Waals surface area contributed by atoms with Crippen molar-refractivity contribution in [2.75, 3.05) is 50.4 Å². The summed E-state index contributed by atoms with van der Waals surface area (Å²) in [7, 11) is 5.77. The first kappa shape index (κ1) is 74.0. The molecule has 89 heavy (non-hydrogen) atoms. The summed E-state index contributed by atoms with van der Waals surface area (Å²) in [6, 6.07) is 5.21. The zero-order valence-electron chi connectivity index (χ0n) is 53.3. The number of carbonyl (C=O) groups excluding carboxylic acids is 9. The van der Waals surface area contributed by atoms with Crippen molar-refractivity contribution >= 4 is 102 Å². The maximum Gasteiger partial charge on any atom is 0.328 e. The molecule has 11 atom stereocenters. The van der Waals surface area contributed by atoms with Gasteiger partial charge in [0.15, 0.2) is 5.78 Å².